The first kappa shape index (κ1) is 32.1. The fraction of sp³-hybridized carbons (Fsp3) is 0.0833. The third kappa shape index (κ3) is 4.57. The van der Waals surface area contributed by atoms with Crippen molar-refractivity contribution in [3.8, 4) is 24.3 Å². The van der Waals surface area contributed by atoms with Gasteiger partial charge in [0.25, 0.3) is 11.4 Å². The van der Waals surface area contributed by atoms with Crippen LogP contribution in [0.15, 0.2) is 47.8 Å². The molecule has 12 heteroatoms. The predicted octanol–water partition coefficient (Wildman–Crippen LogP) is 9.03. The molecular weight excluding hydrogens is 625 g/mol. The molecule has 0 amide bonds. The average Bonchev–Trinajstić information content (AvgIpc) is 3.58. The van der Waals surface area contributed by atoms with Crippen molar-refractivity contribution < 1.29 is 22.0 Å². The van der Waals surface area contributed by atoms with Gasteiger partial charge in [-0.2, -0.15) is 23.7 Å². The van der Waals surface area contributed by atoms with E-state index in [1.54, 1.807) is 44.2 Å². The molecule has 3 aromatic rings. The van der Waals surface area contributed by atoms with Crippen LogP contribution in [0, 0.1) is 90.5 Å². The number of allylic oxidation sites excluding steroid dienone is 7. The molecule has 2 aliphatic rings. The van der Waals surface area contributed by atoms with Gasteiger partial charge in [0.15, 0.2) is 0 Å². The van der Waals surface area contributed by atoms with Gasteiger partial charge in [0, 0.05) is 27.8 Å². The lowest BCUT2D eigenvalue weighted by Gasteiger charge is -2.15. The molecule has 0 unspecified atom stereocenters. The van der Waals surface area contributed by atoms with Crippen molar-refractivity contribution in [3.63, 3.8) is 0 Å². The first-order chi connectivity index (χ1) is 22.8. The van der Waals surface area contributed by atoms with Gasteiger partial charge in [-0.3, -0.25) is 0 Å². The van der Waals surface area contributed by atoms with Gasteiger partial charge in [0.2, 0.25) is 5.70 Å². The Morgan fingerprint density at radius 1 is 0.688 bits per heavy atom. The van der Waals surface area contributed by atoms with Crippen molar-refractivity contribution in [2.24, 2.45) is 0 Å². The number of hydrogen-bond acceptors (Lipinski definition) is 4. The van der Waals surface area contributed by atoms with Crippen molar-refractivity contribution >= 4 is 33.6 Å². The normalized spacial score (nSPS) is 15.2. The summed E-state index contributed by atoms with van der Waals surface area (Å²) in [6.45, 7) is 26.7. The van der Waals surface area contributed by atoms with Crippen molar-refractivity contribution in [2.45, 2.75) is 20.0 Å². The molecule has 0 aromatic heterocycles. The summed E-state index contributed by atoms with van der Waals surface area (Å²) in [5, 5.41) is 39.4. The maximum atomic E-state index is 17.1. The molecule has 0 aliphatic heterocycles. The third-order valence-corrected chi connectivity index (χ3v) is 7.73. The molecule has 48 heavy (non-hydrogen) atoms. The lowest BCUT2D eigenvalue weighted by atomic mass is 9.90. The lowest BCUT2D eigenvalue weighted by Crippen LogP contribution is -2.08. The van der Waals surface area contributed by atoms with Crippen LogP contribution in [0.4, 0.5) is 22.0 Å². The van der Waals surface area contributed by atoms with Crippen molar-refractivity contribution in [2.75, 3.05) is 0 Å². The fourth-order valence-electron chi connectivity index (χ4n) is 6.05. The minimum Gasteiger partial charge on any atom is -0.237 e. The number of nitrogens with zero attached hydrogens (tertiary/aromatic N) is 7. The Hall–Kier alpha value is -7.30. The van der Waals surface area contributed by atoms with Crippen molar-refractivity contribution in [3.05, 3.63) is 149 Å². The van der Waals surface area contributed by atoms with Crippen LogP contribution in [0.5, 0.6) is 0 Å². The van der Waals surface area contributed by atoms with Gasteiger partial charge in [-0.1, -0.05) is 35.4 Å². The number of alkyl halides is 3. The molecule has 0 atom stereocenters. The summed E-state index contributed by atoms with van der Waals surface area (Å²) in [7, 11) is 0. The zero-order chi connectivity index (χ0) is 35.2. The summed E-state index contributed by atoms with van der Waals surface area (Å²) < 4.78 is 76.1. The highest BCUT2D eigenvalue weighted by Crippen LogP contribution is 2.58. The van der Waals surface area contributed by atoms with E-state index in [2.05, 4.69) is 14.5 Å². The Morgan fingerprint density at radius 3 is 1.71 bits per heavy atom. The van der Waals surface area contributed by atoms with E-state index < -0.39 is 96.1 Å². The maximum Gasteiger partial charge on any atom is 0.417 e. The standard InChI is InChI=1S/C36H12F5N7/c1-16-8-17(2)10-20(9-16)26-29(24(15-45)47-4)31-32(35(26)48-5)34(38)30-27(33(31)37)21(13-43)25(28(30)23(14-44)46-3)18-6-7-19(12-42)22(11-18)36(39,40)41/h6-11H,1-2H3/b28-23-,29-24+. The number of aryl methyl sites for hydroxylation is 2. The van der Waals surface area contributed by atoms with Crippen LogP contribution in [0.1, 0.15) is 55.6 Å². The van der Waals surface area contributed by atoms with E-state index in [9.17, 15) is 34.2 Å². The molecule has 0 heterocycles. The predicted molar refractivity (Wildman–Crippen MR) is 163 cm³/mol. The molecular formula is C36H12F5N7. The minimum atomic E-state index is -5.08. The van der Waals surface area contributed by atoms with Gasteiger partial charge in [0.05, 0.1) is 54.6 Å². The summed E-state index contributed by atoms with van der Waals surface area (Å²) in [6, 6.07) is 13.5. The van der Waals surface area contributed by atoms with E-state index in [1.165, 1.54) is 12.1 Å². The molecule has 5 rings (SSSR count). The van der Waals surface area contributed by atoms with Gasteiger partial charge in [-0.05, 0) is 53.8 Å². The van der Waals surface area contributed by atoms with E-state index in [0.29, 0.717) is 17.2 Å². The topological polar surface area (TPSA) is 108 Å². The highest BCUT2D eigenvalue weighted by molar-refractivity contribution is 6.29. The number of halogens is 5. The molecule has 2 aliphatic carbocycles. The van der Waals surface area contributed by atoms with Gasteiger partial charge < -0.3 is 0 Å². The quantitative estimate of drug-likeness (QED) is 0.159. The van der Waals surface area contributed by atoms with Crippen LogP contribution in [0.25, 0.3) is 48.1 Å². The molecule has 0 fully saturated rings. The summed E-state index contributed by atoms with van der Waals surface area (Å²) in [4.78, 5) is 9.75. The van der Waals surface area contributed by atoms with Gasteiger partial charge in [-0.15, -0.1) is 0 Å². The molecule has 0 N–H and O–H groups in total. The van der Waals surface area contributed by atoms with E-state index >= 15 is 8.78 Å². The van der Waals surface area contributed by atoms with E-state index in [0.717, 1.165) is 12.1 Å². The molecule has 0 saturated heterocycles. The number of hydrogen-bond donors (Lipinski definition) is 0. The van der Waals surface area contributed by atoms with Crippen molar-refractivity contribution in [1.82, 2.24) is 0 Å². The first-order valence-corrected chi connectivity index (χ1v) is 13.4. The minimum absolute atomic E-state index is 0.137. The zero-order valence-electron chi connectivity index (χ0n) is 24.5. The van der Waals surface area contributed by atoms with Gasteiger partial charge in [0.1, 0.15) is 17.7 Å². The Balaban J connectivity index is 2.03. The Bertz CT molecular complexity index is 2440. The van der Waals surface area contributed by atoms with Crippen LogP contribution in [0.3, 0.4) is 0 Å². The molecule has 0 radical (unpaired) electrons. The summed E-state index contributed by atoms with van der Waals surface area (Å²) in [5.41, 5.74) is -8.90. The van der Waals surface area contributed by atoms with Crippen molar-refractivity contribution in [1.29, 1.82) is 21.0 Å². The van der Waals surface area contributed by atoms with E-state index in [1.807, 2.05) is 0 Å². The second-order valence-electron chi connectivity index (χ2n) is 10.5. The van der Waals surface area contributed by atoms with Crippen LogP contribution < -0.4 is 0 Å². The monoisotopic (exact) mass is 637 g/mol. The Labute approximate surface area is 270 Å². The molecule has 7 nitrogen and oxygen atoms in total. The highest BCUT2D eigenvalue weighted by Gasteiger charge is 2.44. The molecule has 226 valence electrons. The number of rotatable bonds is 2. The largest absolute Gasteiger partial charge is 0.417 e. The maximum absolute atomic E-state index is 17.1. The smallest absolute Gasteiger partial charge is 0.237 e. The highest BCUT2D eigenvalue weighted by atomic mass is 19.4. The second-order valence-corrected chi connectivity index (χ2v) is 10.5. The van der Waals surface area contributed by atoms with Gasteiger partial charge in [-0.25, -0.2) is 33.8 Å². The molecule has 0 bridgehead atoms. The summed E-state index contributed by atoms with van der Waals surface area (Å²) in [5.74, 6) is -2.80. The van der Waals surface area contributed by atoms with Gasteiger partial charge >= 0.3 is 6.18 Å². The number of nitriles is 4. The van der Waals surface area contributed by atoms with E-state index in [4.69, 9.17) is 19.7 Å². The Kier molecular flexibility index (Phi) is 7.74. The van der Waals surface area contributed by atoms with Crippen LogP contribution in [0.2, 0.25) is 0 Å². The lowest BCUT2D eigenvalue weighted by molar-refractivity contribution is -0.137. The van der Waals surface area contributed by atoms with Crippen LogP contribution >= 0.6 is 0 Å². The molecule has 0 spiro atoms. The fourth-order valence-corrected chi connectivity index (χ4v) is 6.05. The Morgan fingerprint density at radius 2 is 1.23 bits per heavy atom. The average molecular weight is 638 g/mol. The molecule has 0 saturated carbocycles. The van der Waals surface area contributed by atoms with Crippen LogP contribution in [-0.4, -0.2) is 0 Å². The summed E-state index contributed by atoms with van der Waals surface area (Å²) in [6.07, 6.45) is -5.08. The SMILES string of the molecule is [C-]#[N+]C1=C(c2cc(C)cc(C)c2)/C(=C(/C#N)[N+]#[C-])c2c(F)c3c(c(F)c21)/C(=C(/C#N)[N+]#[C-])C(c1ccc(C#N)c(C(F)(F)F)c1)=C3C#N. The first-order valence-electron chi connectivity index (χ1n) is 13.4. The number of benzene rings is 3. The molecule has 3 aromatic carbocycles. The van der Waals surface area contributed by atoms with E-state index in [-0.39, 0.29) is 11.1 Å². The third-order valence-electron chi connectivity index (χ3n) is 7.73. The van der Waals surface area contributed by atoms with Crippen LogP contribution in [-0.2, 0) is 6.18 Å². The number of fused-ring (bicyclic) bond motifs is 2. The second kappa shape index (κ2) is 11.6. The summed E-state index contributed by atoms with van der Waals surface area (Å²) >= 11 is 0. The zero-order valence-corrected chi connectivity index (χ0v) is 24.5.